The first-order valence-corrected chi connectivity index (χ1v) is 10.8. The molecule has 1 aliphatic rings. The number of aromatic nitrogens is 1. The van der Waals surface area contributed by atoms with Gasteiger partial charge in [0, 0.05) is 11.6 Å². The Kier molecular flexibility index (Phi) is 5.62. The van der Waals surface area contributed by atoms with Crippen molar-refractivity contribution in [2.45, 2.75) is 13.0 Å². The maximum Gasteiger partial charge on any atom is 0.301 e. The van der Waals surface area contributed by atoms with Crippen LogP contribution < -0.4 is 9.64 Å². The number of aliphatic hydroxyl groups excluding tert-OH is 1. The molecule has 1 amide bonds. The minimum absolute atomic E-state index is 0.127. The molecule has 35 heavy (non-hydrogen) atoms. The molecule has 2 heterocycles. The molecule has 0 aliphatic carbocycles. The molecule has 0 saturated carbocycles. The molecule has 1 saturated heterocycles. The molecule has 8 heteroatoms. The number of aliphatic hydroxyl groups is 1. The number of aryl methyl sites for hydroxylation is 1. The number of hydrogen-bond acceptors (Lipinski definition) is 6. The summed E-state index contributed by atoms with van der Waals surface area (Å²) in [6.45, 7) is 1.66. The maximum atomic E-state index is 13.5. The van der Waals surface area contributed by atoms with Crippen molar-refractivity contribution < 1.29 is 28.3 Å². The van der Waals surface area contributed by atoms with Crippen molar-refractivity contribution in [2.75, 3.05) is 4.90 Å². The van der Waals surface area contributed by atoms with Crippen molar-refractivity contribution in [3.63, 3.8) is 0 Å². The van der Waals surface area contributed by atoms with Gasteiger partial charge in [-0.05, 0) is 61.0 Å². The Morgan fingerprint density at radius 2 is 1.69 bits per heavy atom. The normalized spacial score (nSPS) is 17.1. The predicted octanol–water partition coefficient (Wildman–Crippen LogP) is 5.54. The van der Waals surface area contributed by atoms with Gasteiger partial charge in [-0.2, -0.15) is 0 Å². The topological polar surface area (TPSA) is 92.9 Å². The van der Waals surface area contributed by atoms with Crippen LogP contribution in [-0.4, -0.2) is 22.0 Å². The van der Waals surface area contributed by atoms with Gasteiger partial charge in [-0.15, -0.1) is 0 Å². The Hall–Kier alpha value is -4.72. The van der Waals surface area contributed by atoms with Crippen LogP contribution in [0.3, 0.4) is 0 Å². The molecule has 4 aromatic rings. The smallest absolute Gasteiger partial charge is 0.301 e. The second-order valence-electron chi connectivity index (χ2n) is 7.96. The summed E-state index contributed by atoms with van der Waals surface area (Å²) in [5.74, 6) is -1.04. The predicted molar refractivity (Wildman–Crippen MR) is 125 cm³/mol. The number of carbonyl (C=O) groups excluding carboxylic acids is 2. The van der Waals surface area contributed by atoms with E-state index in [0.29, 0.717) is 22.8 Å². The Balaban J connectivity index is 1.65. The van der Waals surface area contributed by atoms with Crippen LogP contribution in [0.25, 0.3) is 5.76 Å². The van der Waals surface area contributed by atoms with Gasteiger partial charge in [-0.1, -0.05) is 35.5 Å². The fourth-order valence-corrected chi connectivity index (χ4v) is 3.99. The van der Waals surface area contributed by atoms with Crippen LogP contribution in [0.1, 0.15) is 22.9 Å². The zero-order valence-corrected chi connectivity index (χ0v) is 18.5. The zero-order valence-electron chi connectivity index (χ0n) is 18.5. The number of rotatable bonds is 5. The molecule has 1 aromatic heterocycles. The van der Waals surface area contributed by atoms with Crippen molar-refractivity contribution >= 4 is 23.3 Å². The molecule has 0 radical (unpaired) electrons. The first kappa shape index (κ1) is 22.1. The number of nitrogens with zero attached hydrogens (tertiary/aromatic N) is 2. The molecule has 1 atom stereocenters. The fourth-order valence-electron chi connectivity index (χ4n) is 3.99. The Morgan fingerprint density at radius 3 is 2.37 bits per heavy atom. The number of para-hydroxylation sites is 1. The van der Waals surface area contributed by atoms with Crippen LogP contribution in [0.2, 0.25) is 0 Å². The molecular weight excluding hydrogens is 451 g/mol. The number of ether oxygens (including phenoxy) is 1. The molecule has 1 fully saturated rings. The Morgan fingerprint density at radius 1 is 0.971 bits per heavy atom. The van der Waals surface area contributed by atoms with E-state index >= 15 is 0 Å². The first-order valence-electron chi connectivity index (χ1n) is 10.8. The SMILES string of the molecule is Cc1cc(N2C(=O)C(=O)/C(=C(\O)c3ccc(F)cc3)C2c2cccc(Oc3ccccc3)c2)no1. The van der Waals surface area contributed by atoms with Gasteiger partial charge >= 0.3 is 5.91 Å². The molecule has 174 valence electrons. The summed E-state index contributed by atoms with van der Waals surface area (Å²) >= 11 is 0. The van der Waals surface area contributed by atoms with Crippen molar-refractivity contribution in [2.24, 2.45) is 0 Å². The lowest BCUT2D eigenvalue weighted by Crippen LogP contribution is -2.29. The van der Waals surface area contributed by atoms with Crippen molar-refractivity contribution in [1.29, 1.82) is 0 Å². The number of Topliss-reactive ketones (excluding diaryl/α,β-unsaturated/α-hetero) is 1. The van der Waals surface area contributed by atoms with Gasteiger partial charge in [0.1, 0.15) is 28.8 Å². The Labute approximate surface area is 199 Å². The van der Waals surface area contributed by atoms with E-state index in [0.717, 1.165) is 12.1 Å². The largest absolute Gasteiger partial charge is 0.507 e. The van der Waals surface area contributed by atoms with Crippen LogP contribution in [0.15, 0.2) is 95.0 Å². The van der Waals surface area contributed by atoms with E-state index in [9.17, 15) is 19.1 Å². The van der Waals surface area contributed by atoms with Gasteiger partial charge < -0.3 is 14.4 Å². The highest BCUT2D eigenvalue weighted by Gasteiger charge is 2.48. The molecule has 0 bridgehead atoms. The summed E-state index contributed by atoms with van der Waals surface area (Å²) in [7, 11) is 0. The van der Waals surface area contributed by atoms with Crippen LogP contribution in [0, 0.1) is 12.7 Å². The highest BCUT2D eigenvalue weighted by atomic mass is 19.1. The summed E-state index contributed by atoms with van der Waals surface area (Å²) in [5.41, 5.74) is 0.545. The van der Waals surface area contributed by atoms with Crippen molar-refractivity contribution in [3.8, 4) is 11.5 Å². The quantitative estimate of drug-likeness (QED) is 0.234. The summed E-state index contributed by atoms with van der Waals surface area (Å²) in [6, 6.07) is 21.5. The number of amides is 1. The van der Waals surface area contributed by atoms with E-state index in [2.05, 4.69) is 5.16 Å². The van der Waals surface area contributed by atoms with E-state index in [4.69, 9.17) is 9.26 Å². The molecule has 7 nitrogen and oxygen atoms in total. The molecule has 1 aliphatic heterocycles. The lowest BCUT2D eigenvalue weighted by atomic mass is 9.95. The van der Waals surface area contributed by atoms with Gasteiger partial charge in [-0.25, -0.2) is 4.39 Å². The van der Waals surface area contributed by atoms with Crippen LogP contribution in [-0.2, 0) is 9.59 Å². The summed E-state index contributed by atoms with van der Waals surface area (Å²) in [4.78, 5) is 27.5. The van der Waals surface area contributed by atoms with Gasteiger partial charge in [-0.3, -0.25) is 14.5 Å². The zero-order chi connectivity index (χ0) is 24.5. The minimum Gasteiger partial charge on any atom is -0.507 e. The minimum atomic E-state index is -1.02. The van der Waals surface area contributed by atoms with Crippen molar-refractivity contribution in [3.05, 3.63) is 113 Å². The number of hydrogen-bond donors (Lipinski definition) is 1. The fraction of sp³-hybridized carbons (Fsp3) is 0.0741. The first-order chi connectivity index (χ1) is 16.9. The van der Waals surface area contributed by atoms with Gasteiger partial charge in [0.25, 0.3) is 5.78 Å². The average molecular weight is 470 g/mol. The van der Waals surface area contributed by atoms with E-state index in [1.54, 1.807) is 43.3 Å². The molecule has 0 spiro atoms. The highest BCUT2D eigenvalue weighted by molar-refractivity contribution is 6.51. The van der Waals surface area contributed by atoms with Crippen LogP contribution in [0.4, 0.5) is 10.2 Å². The summed E-state index contributed by atoms with van der Waals surface area (Å²) in [6.07, 6.45) is 0. The van der Waals surface area contributed by atoms with Gasteiger partial charge in [0.05, 0.1) is 11.6 Å². The van der Waals surface area contributed by atoms with Gasteiger partial charge in [0.15, 0.2) is 5.82 Å². The third kappa shape index (κ3) is 4.17. The average Bonchev–Trinajstić information content (AvgIpc) is 3.40. The molecule has 3 aromatic carbocycles. The summed E-state index contributed by atoms with van der Waals surface area (Å²) < 4.78 is 24.5. The number of benzene rings is 3. The lowest BCUT2D eigenvalue weighted by molar-refractivity contribution is -0.132. The number of anilines is 1. The number of halogens is 1. The second-order valence-corrected chi connectivity index (χ2v) is 7.96. The molecular formula is C27H19FN2O5. The molecule has 5 rings (SSSR count). The monoisotopic (exact) mass is 470 g/mol. The second kappa shape index (κ2) is 8.90. The van der Waals surface area contributed by atoms with E-state index < -0.39 is 29.3 Å². The highest BCUT2D eigenvalue weighted by Crippen LogP contribution is 2.42. The number of carbonyl (C=O) groups is 2. The third-order valence-corrected chi connectivity index (χ3v) is 5.58. The standard InChI is InChI=1S/C27H19FN2O5/c1-16-14-22(29-35-16)30-24(18-6-5-9-21(15-18)34-20-7-3-2-4-8-20)23(26(32)27(30)33)25(31)17-10-12-19(28)13-11-17/h2-15,24,31H,1H3/b25-23-. The molecule has 1 unspecified atom stereocenters. The van der Waals surface area contributed by atoms with Crippen molar-refractivity contribution in [1.82, 2.24) is 5.16 Å². The van der Waals surface area contributed by atoms with E-state index in [1.807, 2.05) is 18.2 Å². The third-order valence-electron chi connectivity index (χ3n) is 5.58. The number of ketones is 1. The van der Waals surface area contributed by atoms with Crippen LogP contribution >= 0.6 is 0 Å². The Bertz CT molecular complexity index is 1440. The van der Waals surface area contributed by atoms with E-state index in [1.165, 1.54) is 23.1 Å². The summed E-state index contributed by atoms with van der Waals surface area (Å²) in [5, 5.41) is 15.0. The van der Waals surface area contributed by atoms with E-state index in [-0.39, 0.29) is 17.0 Å². The van der Waals surface area contributed by atoms with Gasteiger partial charge in [0.2, 0.25) is 0 Å². The maximum absolute atomic E-state index is 13.5. The molecule has 1 N–H and O–H groups in total. The lowest BCUT2D eigenvalue weighted by Gasteiger charge is -2.23. The van der Waals surface area contributed by atoms with Crippen LogP contribution in [0.5, 0.6) is 11.5 Å².